The van der Waals surface area contributed by atoms with Crippen molar-refractivity contribution >= 4 is 8.15 Å². The van der Waals surface area contributed by atoms with E-state index in [1.165, 1.54) is 19.3 Å². The summed E-state index contributed by atoms with van der Waals surface area (Å²) >= 11 is 0. The van der Waals surface area contributed by atoms with Crippen molar-refractivity contribution in [2.75, 3.05) is 12.3 Å². The van der Waals surface area contributed by atoms with E-state index in [0.29, 0.717) is 0 Å². The lowest BCUT2D eigenvalue weighted by Gasteiger charge is -2.14. The second-order valence-electron chi connectivity index (χ2n) is 2.01. The first-order valence-corrected chi connectivity index (χ1v) is 4.50. The van der Waals surface area contributed by atoms with E-state index in [1.807, 2.05) is 0 Å². The van der Waals surface area contributed by atoms with Gasteiger partial charge in [-0.05, 0) is 25.2 Å². The fraction of sp³-hybridized carbons (Fsp3) is 1.00. The predicted octanol–water partition coefficient (Wildman–Crippen LogP) is 1.56. The molecule has 2 heteroatoms. The van der Waals surface area contributed by atoms with Gasteiger partial charge in [0, 0.05) is 8.15 Å². The zero-order chi connectivity index (χ0) is 5.11. The van der Waals surface area contributed by atoms with Gasteiger partial charge >= 0.3 is 0 Å². The van der Waals surface area contributed by atoms with E-state index in [4.69, 9.17) is 4.89 Å². The van der Waals surface area contributed by atoms with Crippen molar-refractivity contribution in [1.82, 2.24) is 0 Å². The smallest absolute Gasteiger partial charge is 0.0251 e. The van der Waals surface area contributed by atoms with Gasteiger partial charge in [-0.15, -0.1) is 0 Å². The molecule has 1 aliphatic heterocycles. The zero-order valence-corrected chi connectivity index (χ0v) is 5.32. The predicted molar refractivity (Wildman–Crippen MR) is 32.7 cm³/mol. The lowest BCUT2D eigenvalue weighted by Crippen LogP contribution is -1.96. The van der Waals surface area contributed by atoms with E-state index in [0.717, 1.165) is 12.3 Å². The molecule has 0 atom stereocenters. The van der Waals surface area contributed by atoms with Crippen LogP contribution in [0.1, 0.15) is 19.3 Å². The Bertz CT molecular complexity index is 50.0. The number of hydrogen-bond donors (Lipinski definition) is 1. The topological polar surface area (TPSA) is 20.2 Å². The highest BCUT2D eigenvalue weighted by Crippen LogP contribution is 2.36. The first-order valence-electron chi connectivity index (χ1n) is 2.83. The quantitative estimate of drug-likeness (QED) is 0.478. The Morgan fingerprint density at radius 1 is 1.00 bits per heavy atom. The molecule has 0 bridgehead atoms. The van der Waals surface area contributed by atoms with E-state index in [2.05, 4.69) is 0 Å². The van der Waals surface area contributed by atoms with Crippen LogP contribution in [0.2, 0.25) is 0 Å². The summed E-state index contributed by atoms with van der Waals surface area (Å²) in [5.74, 6) is 0. The van der Waals surface area contributed by atoms with Crippen molar-refractivity contribution in [3.05, 3.63) is 0 Å². The van der Waals surface area contributed by atoms with Crippen LogP contribution in [0, 0.1) is 0 Å². The Hall–Kier alpha value is 0.390. The maximum absolute atomic E-state index is 8.97. The maximum Gasteiger partial charge on any atom is 0.0251 e. The van der Waals surface area contributed by atoms with Crippen LogP contribution >= 0.6 is 8.15 Å². The minimum absolute atomic E-state index is 0.492. The highest BCUT2D eigenvalue weighted by atomic mass is 31.1. The molecule has 1 rings (SSSR count). The molecule has 0 spiro atoms. The molecule has 42 valence electrons. The average Bonchev–Trinajstić information content (AvgIpc) is 1.69. The minimum Gasteiger partial charge on any atom is -0.374 e. The Balaban J connectivity index is 2.12. The van der Waals surface area contributed by atoms with Gasteiger partial charge in [0.25, 0.3) is 0 Å². The van der Waals surface area contributed by atoms with Crippen LogP contribution in [0.25, 0.3) is 0 Å². The SMILES string of the molecule is OP1CCCCC1. The molecule has 0 aromatic rings. The van der Waals surface area contributed by atoms with Crippen LogP contribution < -0.4 is 0 Å². The van der Waals surface area contributed by atoms with Gasteiger partial charge in [-0.1, -0.05) is 6.42 Å². The molecule has 0 aromatic heterocycles. The molecule has 0 aromatic carbocycles. The molecule has 0 radical (unpaired) electrons. The van der Waals surface area contributed by atoms with E-state index < -0.39 is 8.15 Å². The molecule has 0 unspecified atom stereocenters. The van der Waals surface area contributed by atoms with Crippen LogP contribution in [0.15, 0.2) is 0 Å². The van der Waals surface area contributed by atoms with E-state index in [1.54, 1.807) is 0 Å². The molecular formula is C5H11OP. The third-order valence-electron chi connectivity index (χ3n) is 1.33. The van der Waals surface area contributed by atoms with Crippen LogP contribution in [0.5, 0.6) is 0 Å². The molecule has 7 heavy (non-hydrogen) atoms. The summed E-state index contributed by atoms with van der Waals surface area (Å²) < 4.78 is 0. The molecule has 1 fully saturated rings. The lowest BCUT2D eigenvalue weighted by atomic mass is 10.3. The molecule has 1 saturated heterocycles. The highest BCUT2D eigenvalue weighted by Gasteiger charge is 2.07. The Labute approximate surface area is 45.6 Å². The van der Waals surface area contributed by atoms with Crippen LogP contribution in [-0.4, -0.2) is 17.2 Å². The number of rotatable bonds is 0. The fourth-order valence-electron chi connectivity index (χ4n) is 0.877. The molecule has 1 aliphatic rings. The third-order valence-corrected chi connectivity index (χ3v) is 3.00. The maximum atomic E-state index is 8.97. The first kappa shape index (κ1) is 5.53. The molecule has 1 nitrogen and oxygen atoms in total. The number of hydrogen-bond acceptors (Lipinski definition) is 1. The molecule has 0 saturated carbocycles. The van der Waals surface area contributed by atoms with Crippen LogP contribution in [-0.2, 0) is 0 Å². The summed E-state index contributed by atoms with van der Waals surface area (Å²) in [4.78, 5) is 8.97. The normalized spacial score (nSPS) is 25.3. The van der Waals surface area contributed by atoms with Crippen LogP contribution in [0.4, 0.5) is 0 Å². The van der Waals surface area contributed by atoms with Crippen molar-refractivity contribution in [2.24, 2.45) is 0 Å². The van der Waals surface area contributed by atoms with Gasteiger partial charge < -0.3 is 4.89 Å². The van der Waals surface area contributed by atoms with Crippen molar-refractivity contribution in [2.45, 2.75) is 19.3 Å². The van der Waals surface area contributed by atoms with Crippen LogP contribution in [0.3, 0.4) is 0 Å². The van der Waals surface area contributed by atoms with Gasteiger partial charge in [-0.25, -0.2) is 0 Å². The van der Waals surface area contributed by atoms with Gasteiger partial charge in [0.05, 0.1) is 0 Å². The Morgan fingerprint density at radius 3 is 1.86 bits per heavy atom. The van der Waals surface area contributed by atoms with Gasteiger partial charge in [0.1, 0.15) is 0 Å². The molecule has 0 amide bonds. The second kappa shape index (κ2) is 2.64. The average molecular weight is 118 g/mol. The zero-order valence-electron chi connectivity index (χ0n) is 4.43. The summed E-state index contributed by atoms with van der Waals surface area (Å²) in [7, 11) is -0.492. The van der Waals surface area contributed by atoms with E-state index in [9.17, 15) is 0 Å². The van der Waals surface area contributed by atoms with Crippen molar-refractivity contribution < 1.29 is 4.89 Å². The summed E-state index contributed by atoms with van der Waals surface area (Å²) in [5, 5.41) is 0. The Kier molecular flexibility index (Phi) is 2.08. The largest absolute Gasteiger partial charge is 0.374 e. The van der Waals surface area contributed by atoms with Gasteiger partial charge in [0.15, 0.2) is 0 Å². The van der Waals surface area contributed by atoms with E-state index >= 15 is 0 Å². The standard InChI is InChI=1S/C5H11OP/c6-7-4-2-1-3-5-7/h6H,1-5H2. The first-order chi connectivity index (χ1) is 3.39. The monoisotopic (exact) mass is 118 g/mol. The van der Waals surface area contributed by atoms with Gasteiger partial charge in [-0.3, -0.25) is 0 Å². The molecular weight excluding hydrogens is 107 g/mol. The second-order valence-corrected chi connectivity index (χ2v) is 3.92. The van der Waals surface area contributed by atoms with Crippen molar-refractivity contribution in [3.63, 3.8) is 0 Å². The Morgan fingerprint density at radius 2 is 1.57 bits per heavy atom. The molecule has 0 aliphatic carbocycles. The summed E-state index contributed by atoms with van der Waals surface area (Å²) in [6.45, 7) is 0. The van der Waals surface area contributed by atoms with Crippen molar-refractivity contribution in [1.29, 1.82) is 0 Å². The fourth-order valence-corrected chi connectivity index (χ4v) is 2.28. The summed E-state index contributed by atoms with van der Waals surface area (Å²) in [5.41, 5.74) is 0. The molecule has 1 N–H and O–H groups in total. The minimum atomic E-state index is -0.492. The summed E-state index contributed by atoms with van der Waals surface area (Å²) in [6, 6.07) is 0. The van der Waals surface area contributed by atoms with Crippen molar-refractivity contribution in [3.8, 4) is 0 Å². The molecule has 1 heterocycles. The lowest BCUT2D eigenvalue weighted by molar-refractivity contribution is 0.593. The third kappa shape index (κ3) is 1.75. The van der Waals surface area contributed by atoms with E-state index in [-0.39, 0.29) is 0 Å². The summed E-state index contributed by atoms with van der Waals surface area (Å²) in [6.07, 6.45) is 6.09. The van der Waals surface area contributed by atoms with Gasteiger partial charge in [-0.2, -0.15) is 0 Å². The highest BCUT2D eigenvalue weighted by molar-refractivity contribution is 7.51. The van der Waals surface area contributed by atoms with Gasteiger partial charge in [0.2, 0.25) is 0 Å².